The smallest absolute Gasteiger partial charge is 0.320 e. The first-order chi connectivity index (χ1) is 6.25. The van der Waals surface area contributed by atoms with Gasteiger partial charge in [0.15, 0.2) is 0 Å². The quantitative estimate of drug-likeness (QED) is 0.822. The molecule has 0 aromatic heterocycles. The number of rotatable bonds is 2. The number of benzene rings is 1. The van der Waals surface area contributed by atoms with Crippen LogP contribution >= 0.6 is 23.5 Å². The van der Waals surface area contributed by atoms with Crippen LogP contribution in [0, 0.1) is 0 Å². The van der Waals surface area contributed by atoms with Gasteiger partial charge in [-0.2, -0.15) is 8.78 Å². The molecule has 14 heavy (non-hydrogen) atoms. The second-order valence-electron chi connectivity index (χ2n) is 2.59. The number of halogens is 3. The van der Waals surface area contributed by atoms with Crippen LogP contribution < -0.4 is 0 Å². The summed E-state index contributed by atoms with van der Waals surface area (Å²) in [5, 5.41) is 0. The predicted octanol–water partition coefficient (Wildman–Crippen LogP) is 2.68. The summed E-state index contributed by atoms with van der Waals surface area (Å²) in [7, 11) is -5.45. The van der Waals surface area contributed by atoms with Crippen LogP contribution in [0.25, 0.3) is 0 Å². The van der Waals surface area contributed by atoms with E-state index in [2.05, 4.69) is 15.9 Å². The van der Waals surface area contributed by atoms with Gasteiger partial charge in [0.25, 0.3) is 0 Å². The van der Waals surface area contributed by atoms with Crippen molar-refractivity contribution in [3.63, 3.8) is 0 Å². The first kappa shape index (κ1) is 11.8. The van der Waals surface area contributed by atoms with E-state index in [1.807, 2.05) is 0 Å². The van der Waals surface area contributed by atoms with Crippen molar-refractivity contribution < 1.29 is 23.1 Å². The Labute approximate surface area is 87.0 Å². The molecule has 0 atom stereocenters. The number of alkyl halides is 2. The lowest BCUT2D eigenvalue weighted by Gasteiger charge is -2.17. The molecule has 0 fully saturated rings. The van der Waals surface area contributed by atoms with Crippen LogP contribution in [0.2, 0.25) is 0 Å². The lowest BCUT2D eigenvalue weighted by atomic mass is 10.2. The van der Waals surface area contributed by atoms with Crippen molar-refractivity contribution >= 4 is 23.5 Å². The van der Waals surface area contributed by atoms with Gasteiger partial charge in [0, 0.05) is 10.0 Å². The molecule has 0 heterocycles. The summed E-state index contributed by atoms with van der Waals surface area (Å²) in [5.74, 6) is 0. The molecule has 0 aliphatic heterocycles. The molecule has 0 aliphatic carbocycles. The van der Waals surface area contributed by atoms with Crippen LogP contribution in [0.3, 0.4) is 0 Å². The molecule has 0 spiro atoms. The molecule has 1 aromatic rings. The van der Waals surface area contributed by atoms with Gasteiger partial charge in [-0.15, -0.1) is 0 Å². The van der Waals surface area contributed by atoms with Crippen molar-refractivity contribution in [3.8, 4) is 0 Å². The summed E-state index contributed by atoms with van der Waals surface area (Å²) in [5.41, 5.74) is -4.83. The molecule has 0 aliphatic rings. The van der Waals surface area contributed by atoms with Gasteiger partial charge in [-0.25, -0.2) is 0 Å². The van der Waals surface area contributed by atoms with E-state index < -0.39 is 18.8 Å². The van der Waals surface area contributed by atoms with Gasteiger partial charge in [-0.1, -0.05) is 28.1 Å². The Kier molecular flexibility index (Phi) is 3.11. The lowest BCUT2D eigenvalue weighted by Crippen LogP contribution is -2.13. The minimum absolute atomic E-state index is 0.558. The van der Waals surface area contributed by atoms with Gasteiger partial charge >= 0.3 is 13.3 Å². The zero-order valence-electron chi connectivity index (χ0n) is 6.69. The Morgan fingerprint density at radius 1 is 1.21 bits per heavy atom. The molecule has 3 nitrogen and oxygen atoms in total. The number of hydrogen-bond acceptors (Lipinski definition) is 1. The second kappa shape index (κ2) is 3.70. The molecule has 0 bridgehead atoms. The highest BCUT2D eigenvalue weighted by Gasteiger charge is 2.50. The van der Waals surface area contributed by atoms with E-state index in [0.29, 0.717) is 4.47 Å². The third kappa shape index (κ3) is 2.20. The summed E-state index contributed by atoms with van der Waals surface area (Å²) in [6, 6.07) is 4.50. The van der Waals surface area contributed by atoms with Crippen molar-refractivity contribution in [3.05, 3.63) is 34.3 Å². The average molecular weight is 287 g/mol. The van der Waals surface area contributed by atoms with E-state index >= 15 is 0 Å². The van der Waals surface area contributed by atoms with Crippen LogP contribution in [0.4, 0.5) is 8.78 Å². The zero-order chi connectivity index (χ0) is 11.0. The summed E-state index contributed by atoms with van der Waals surface area (Å²) < 4.78 is 37.1. The molecule has 1 rings (SSSR count). The van der Waals surface area contributed by atoms with Crippen molar-refractivity contribution in [2.45, 2.75) is 5.66 Å². The highest BCUT2D eigenvalue weighted by atomic mass is 79.9. The molecule has 0 saturated heterocycles. The Balaban J connectivity index is 3.17. The van der Waals surface area contributed by atoms with Crippen molar-refractivity contribution in [2.24, 2.45) is 0 Å². The van der Waals surface area contributed by atoms with Crippen LogP contribution in [0.1, 0.15) is 5.56 Å². The second-order valence-corrected chi connectivity index (χ2v) is 5.16. The molecule has 0 radical (unpaired) electrons. The first-order valence-electron chi connectivity index (χ1n) is 3.44. The van der Waals surface area contributed by atoms with Crippen molar-refractivity contribution in [1.82, 2.24) is 0 Å². The summed E-state index contributed by atoms with van der Waals surface area (Å²) in [6.45, 7) is 0. The van der Waals surface area contributed by atoms with Gasteiger partial charge in [0.05, 0.1) is 0 Å². The highest BCUT2D eigenvalue weighted by Crippen LogP contribution is 2.59. The van der Waals surface area contributed by atoms with Gasteiger partial charge in [-0.05, 0) is 12.1 Å². The maximum atomic E-state index is 13.0. The fourth-order valence-corrected chi connectivity index (χ4v) is 1.57. The molecule has 2 N–H and O–H groups in total. The van der Waals surface area contributed by atoms with Crippen molar-refractivity contribution in [2.75, 3.05) is 0 Å². The van der Waals surface area contributed by atoms with E-state index in [1.165, 1.54) is 12.1 Å². The molecule has 0 unspecified atom stereocenters. The van der Waals surface area contributed by atoms with E-state index in [9.17, 15) is 13.3 Å². The Bertz CT molecular complexity index is 373. The molecular weight excluding hydrogens is 281 g/mol. The Morgan fingerprint density at radius 3 is 2.00 bits per heavy atom. The minimum atomic E-state index is -5.45. The van der Waals surface area contributed by atoms with E-state index in [0.717, 1.165) is 12.1 Å². The lowest BCUT2D eigenvalue weighted by molar-refractivity contribution is 0.0564. The van der Waals surface area contributed by atoms with E-state index in [1.54, 1.807) is 0 Å². The topological polar surface area (TPSA) is 57.5 Å². The van der Waals surface area contributed by atoms with Crippen LogP contribution in [0.15, 0.2) is 28.7 Å². The number of hydrogen-bond donors (Lipinski definition) is 2. The first-order valence-corrected chi connectivity index (χ1v) is 5.85. The van der Waals surface area contributed by atoms with Gasteiger partial charge in [0.1, 0.15) is 0 Å². The maximum Gasteiger partial charge on any atom is 0.399 e. The van der Waals surface area contributed by atoms with E-state index in [-0.39, 0.29) is 0 Å². The molecule has 1 aromatic carbocycles. The minimum Gasteiger partial charge on any atom is -0.320 e. The fourth-order valence-electron chi connectivity index (χ4n) is 0.819. The molecule has 0 amide bonds. The van der Waals surface area contributed by atoms with Gasteiger partial charge in [0.2, 0.25) is 0 Å². The van der Waals surface area contributed by atoms with Gasteiger partial charge < -0.3 is 9.79 Å². The summed E-state index contributed by atoms with van der Waals surface area (Å²) >= 11 is 3.02. The average Bonchev–Trinajstić information content (AvgIpc) is 2.03. The summed E-state index contributed by atoms with van der Waals surface area (Å²) in [4.78, 5) is 16.8. The van der Waals surface area contributed by atoms with Crippen molar-refractivity contribution in [1.29, 1.82) is 0 Å². The molecule has 78 valence electrons. The standard InChI is InChI=1S/C7H6BrF2O3P/c8-6-3-1-5(2-4-6)7(9,10)14(11,12)13/h1-4H,(H2,11,12,13). The predicted molar refractivity (Wildman–Crippen MR) is 50.1 cm³/mol. The fraction of sp³-hybridized carbons (Fsp3) is 0.143. The van der Waals surface area contributed by atoms with Gasteiger partial charge in [-0.3, -0.25) is 4.57 Å². The SMILES string of the molecule is O=P(O)(O)C(F)(F)c1ccc(Br)cc1. The third-order valence-electron chi connectivity index (χ3n) is 1.56. The molecule has 0 saturated carbocycles. The normalized spacial score (nSPS) is 12.9. The largest absolute Gasteiger partial charge is 0.399 e. The molecule has 7 heteroatoms. The third-order valence-corrected chi connectivity index (χ3v) is 3.08. The maximum absolute atomic E-state index is 13.0. The van der Waals surface area contributed by atoms with E-state index in [4.69, 9.17) is 9.79 Å². The monoisotopic (exact) mass is 286 g/mol. The van der Waals surface area contributed by atoms with Crippen LogP contribution in [-0.4, -0.2) is 9.79 Å². The van der Waals surface area contributed by atoms with Crippen LogP contribution in [-0.2, 0) is 10.2 Å². The Hall–Kier alpha value is -0.290. The Morgan fingerprint density at radius 2 is 1.64 bits per heavy atom. The molecular formula is C7H6BrF2O3P. The van der Waals surface area contributed by atoms with Crippen LogP contribution in [0.5, 0.6) is 0 Å². The highest BCUT2D eigenvalue weighted by molar-refractivity contribution is 9.10. The summed E-state index contributed by atoms with van der Waals surface area (Å²) in [6.07, 6.45) is 0. The zero-order valence-corrected chi connectivity index (χ0v) is 9.17.